The van der Waals surface area contributed by atoms with Gasteiger partial charge in [0.05, 0.1) is 12.1 Å². The molecular weight excluding hydrogens is 370 g/mol. The highest BCUT2D eigenvalue weighted by Crippen LogP contribution is 2.20. The molecule has 0 radical (unpaired) electrons. The second-order valence-corrected chi connectivity index (χ2v) is 8.19. The van der Waals surface area contributed by atoms with E-state index >= 15 is 0 Å². The molecule has 1 saturated heterocycles. The molecule has 0 bridgehead atoms. The minimum absolute atomic E-state index is 0.00565. The van der Waals surface area contributed by atoms with Crippen LogP contribution in [0.1, 0.15) is 48.5 Å². The average Bonchev–Trinajstić information content (AvgIpc) is 3.15. The summed E-state index contributed by atoms with van der Waals surface area (Å²) >= 11 is 1.54. The van der Waals surface area contributed by atoms with Crippen LogP contribution < -0.4 is 5.32 Å². The average molecular weight is 400 g/mol. The van der Waals surface area contributed by atoms with Gasteiger partial charge in [0.2, 0.25) is 5.91 Å². The summed E-state index contributed by atoms with van der Waals surface area (Å²) in [6, 6.07) is 10.00. The maximum absolute atomic E-state index is 12.5. The number of hydrogen-bond acceptors (Lipinski definition) is 4. The summed E-state index contributed by atoms with van der Waals surface area (Å²) < 4.78 is 0. The molecule has 6 heteroatoms. The molecule has 5 nitrogen and oxygen atoms in total. The molecule has 28 heavy (non-hydrogen) atoms. The van der Waals surface area contributed by atoms with Gasteiger partial charge in [-0.1, -0.05) is 26.0 Å². The molecule has 150 valence electrons. The van der Waals surface area contributed by atoms with Gasteiger partial charge in [-0.3, -0.25) is 14.5 Å². The number of anilines is 1. The number of hydrogen-bond donors (Lipinski definition) is 1. The Kier molecular flexibility index (Phi) is 7.23. The first-order valence-corrected chi connectivity index (χ1v) is 10.9. The van der Waals surface area contributed by atoms with Gasteiger partial charge in [0.25, 0.3) is 5.91 Å². The number of rotatable bonds is 6. The Morgan fingerprint density at radius 1 is 1.11 bits per heavy atom. The SMILES string of the molecule is CCC(C)c1ccc(NC(=O)CN2CCCN(C(=O)c3ccsc3)CC2)cc1. The zero-order chi connectivity index (χ0) is 19.9. The summed E-state index contributed by atoms with van der Waals surface area (Å²) in [7, 11) is 0. The second-order valence-electron chi connectivity index (χ2n) is 7.41. The lowest BCUT2D eigenvalue weighted by Crippen LogP contribution is -2.37. The molecule has 1 aliphatic heterocycles. The first-order valence-electron chi connectivity index (χ1n) is 10.0. The summed E-state index contributed by atoms with van der Waals surface area (Å²) in [4.78, 5) is 29.0. The Morgan fingerprint density at radius 3 is 2.57 bits per heavy atom. The molecule has 1 aromatic carbocycles. The summed E-state index contributed by atoms with van der Waals surface area (Å²) in [5.74, 6) is 0.615. The number of amides is 2. The van der Waals surface area contributed by atoms with Crippen molar-refractivity contribution in [3.63, 3.8) is 0 Å². The number of carbonyl (C=O) groups excluding carboxylic acids is 2. The summed E-state index contributed by atoms with van der Waals surface area (Å²) in [5, 5.41) is 6.81. The number of benzene rings is 1. The van der Waals surface area contributed by atoms with E-state index in [0.717, 1.165) is 43.7 Å². The highest BCUT2D eigenvalue weighted by Gasteiger charge is 2.21. The molecule has 1 N–H and O–H groups in total. The normalized spacial score (nSPS) is 16.4. The number of nitrogens with one attached hydrogen (secondary N) is 1. The molecular formula is C22H29N3O2S. The van der Waals surface area contributed by atoms with Crippen LogP contribution in [0.2, 0.25) is 0 Å². The van der Waals surface area contributed by atoms with Crippen molar-refractivity contribution in [3.8, 4) is 0 Å². The predicted octanol–water partition coefficient (Wildman–Crippen LogP) is 4.05. The fraction of sp³-hybridized carbons (Fsp3) is 0.455. The number of thiophene rings is 1. The number of carbonyl (C=O) groups is 2. The molecule has 1 unspecified atom stereocenters. The van der Waals surface area contributed by atoms with Gasteiger partial charge < -0.3 is 10.2 Å². The number of nitrogens with zero attached hydrogens (tertiary/aromatic N) is 2. The van der Waals surface area contributed by atoms with Crippen LogP contribution in [0.3, 0.4) is 0 Å². The van der Waals surface area contributed by atoms with Crippen LogP contribution in [0.15, 0.2) is 41.1 Å². The van der Waals surface area contributed by atoms with Crippen molar-refractivity contribution in [2.45, 2.75) is 32.6 Å². The lowest BCUT2D eigenvalue weighted by atomic mass is 9.99. The summed E-state index contributed by atoms with van der Waals surface area (Å²) in [6.07, 6.45) is 1.99. The van der Waals surface area contributed by atoms with E-state index < -0.39 is 0 Å². The van der Waals surface area contributed by atoms with Crippen molar-refractivity contribution in [3.05, 3.63) is 52.2 Å². The molecule has 0 saturated carbocycles. The van der Waals surface area contributed by atoms with E-state index in [9.17, 15) is 9.59 Å². The topological polar surface area (TPSA) is 52.7 Å². The quantitative estimate of drug-likeness (QED) is 0.797. The van der Waals surface area contributed by atoms with E-state index in [4.69, 9.17) is 0 Å². The molecule has 2 heterocycles. The standard InChI is InChI=1S/C22H29N3O2S/c1-3-17(2)18-5-7-20(8-6-18)23-21(26)15-24-10-4-11-25(13-12-24)22(27)19-9-14-28-16-19/h5-9,14,16-17H,3-4,10-13,15H2,1-2H3,(H,23,26). The van der Waals surface area contributed by atoms with Crippen molar-refractivity contribution < 1.29 is 9.59 Å². The molecule has 1 fully saturated rings. The van der Waals surface area contributed by atoms with E-state index in [1.54, 1.807) is 0 Å². The van der Waals surface area contributed by atoms with Gasteiger partial charge >= 0.3 is 0 Å². The van der Waals surface area contributed by atoms with Crippen LogP contribution in [-0.2, 0) is 4.79 Å². The van der Waals surface area contributed by atoms with Gasteiger partial charge in [-0.2, -0.15) is 11.3 Å². The third kappa shape index (κ3) is 5.42. The molecule has 1 atom stereocenters. The lowest BCUT2D eigenvalue weighted by Gasteiger charge is -2.21. The van der Waals surface area contributed by atoms with Crippen molar-refractivity contribution in [1.82, 2.24) is 9.80 Å². The molecule has 1 aliphatic rings. The minimum Gasteiger partial charge on any atom is -0.337 e. The molecule has 2 aromatic rings. The van der Waals surface area contributed by atoms with Crippen molar-refractivity contribution in [1.29, 1.82) is 0 Å². The van der Waals surface area contributed by atoms with Crippen molar-refractivity contribution in [2.75, 3.05) is 38.0 Å². The molecule has 0 aliphatic carbocycles. The van der Waals surface area contributed by atoms with Crippen LogP contribution in [0.25, 0.3) is 0 Å². The second kappa shape index (κ2) is 9.85. The van der Waals surface area contributed by atoms with Gasteiger partial charge in [0, 0.05) is 37.2 Å². The molecule has 3 rings (SSSR count). The minimum atomic E-state index is -0.00565. The van der Waals surface area contributed by atoms with Crippen molar-refractivity contribution >= 4 is 28.8 Å². The van der Waals surface area contributed by atoms with Gasteiger partial charge in [-0.05, 0) is 47.9 Å². The summed E-state index contributed by atoms with van der Waals surface area (Å²) in [5.41, 5.74) is 2.89. The van der Waals surface area contributed by atoms with E-state index in [2.05, 4.69) is 36.2 Å². The Morgan fingerprint density at radius 2 is 1.89 bits per heavy atom. The fourth-order valence-corrected chi connectivity index (χ4v) is 4.06. The molecule has 2 amide bonds. The first kappa shape index (κ1) is 20.6. The highest BCUT2D eigenvalue weighted by molar-refractivity contribution is 7.08. The maximum atomic E-state index is 12.5. The van der Waals surface area contributed by atoms with Gasteiger partial charge in [-0.15, -0.1) is 0 Å². The van der Waals surface area contributed by atoms with E-state index in [0.29, 0.717) is 19.0 Å². The van der Waals surface area contributed by atoms with Gasteiger partial charge in [0.15, 0.2) is 0 Å². The fourth-order valence-electron chi connectivity index (χ4n) is 3.44. The maximum Gasteiger partial charge on any atom is 0.254 e. The molecule has 0 spiro atoms. The van der Waals surface area contributed by atoms with Crippen LogP contribution in [0.5, 0.6) is 0 Å². The van der Waals surface area contributed by atoms with E-state index in [1.165, 1.54) is 16.9 Å². The van der Waals surface area contributed by atoms with Crippen LogP contribution in [0, 0.1) is 0 Å². The zero-order valence-electron chi connectivity index (χ0n) is 16.7. The van der Waals surface area contributed by atoms with Crippen LogP contribution in [-0.4, -0.2) is 54.3 Å². The van der Waals surface area contributed by atoms with E-state index in [-0.39, 0.29) is 11.8 Å². The smallest absolute Gasteiger partial charge is 0.254 e. The Labute approximate surface area is 171 Å². The molecule has 1 aromatic heterocycles. The van der Waals surface area contributed by atoms with Gasteiger partial charge in [-0.25, -0.2) is 0 Å². The first-order chi connectivity index (χ1) is 13.6. The third-order valence-electron chi connectivity index (χ3n) is 5.39. The van der Waals surface area contributed by atoms with Crippen LogP contribution >= 0.6 is 11.3 Å². The largest absolute Gasteiger partial charge is 0.337 e. The van der Waals surface area contributed by atoms with E-state index in [1.807, 2.05) is 33.9 Å². The zero-order valence-corrected chi connectivity index (χ0v) is 17.5. The van der Waals surface area contributed by atoms with Crippen molar-refractivity contribution in [2.24, 2.45) is 0 Å². The van der Waals surface area contributed by atoms with Crippen LogP contribution in [0.4, 0.5) is 5.69 Å². The third-order valence-corrected chi connectivity index (χ3v) is 6.07. The Balaban J connectivity index is 1.48. The van der Waals surface area contributed by atoms with Gasteiger partial charge in [0.1, 0.15) is 0 Å². The Bertz CT molecular complexity index is 774. The monoisotopic (exact) mass is 399 g/mol. The summed E-state index contributed by atoms with van der Waals surface area (Å²) in [6.45, 7) is 7.68. The lowest BCUT2D eigenvalue weighted by molar-refractivity contribution is -0.117. The Hall–Kier alpha value is -2.18. The predicted molar refractivity (Wildman–Crippen MR) is 115 cm³/mol. The highest BCUT2D eigenvalue weighted by atomic mass is 32.1.